The number of rotatable bonds is 15. The first-order valence-corrected chi connectivity index (χ1v) is 12.0. The Hall–Kier alpha value is -0.950. The maximum Gasteiger partial charge on any atom is 0.333 e. The molecule has 1 rings (SSSR count). The number of nitrogens with zero attached hydrogens (tertiary/aromatic N) is 1. The van der Waals surface area contributed by atoms with Crippen LogP contribution in [0.4, 0.5) is 0 Å². The summed E-state index contributed by atoms with van der Waals surface area (Å²) in [6.45, 7) is 19.5. The Morgan fingerprint density at radius 3 is 2.16 bits per heavy atom. The van der Waals surface area contributed by atoms with E-state index in [0.717, 1.165) is 25.9 Å². The van der Waals surface area contributed by atoms with Crippen LogP contribution in [0.1, 0.15) is 99.8 Å². The summed E-state index contributed by atoms with van der Waals surface area (Å²) < 4.78 is 16.9. The summed E-state index contributed by atoms with van der Waals surface area (Å²) in [5, 5.41) is 2.19. The zero-order valence-electron chi connectivity index (χ0n) is 21.1. The monoisotopic (exact) mass is 441 g/mol. The van der Waals surface area contributed by atoms with Crippen molar-refractivity contribution in [1.29, 1.82) is 0 Å². The van der Waals surface area contributed by atoms with Gasteiger partial charge in [-0.3, -0.25) is 4.84 Å². The van der Waals surface area contributed by atoms with E-state index in [0.29, 0.717) is 12.2 Å². The summed E-state index contributed by atoms with van der Waals surface area (Å²) in [6, 6.07) is 0. The lowest BCUT2D eigenvalue weighted by Crippen LogP contribution is -2.62. The number of hydroxylamine groups is 2. The van der Waals surface area contributed by atoms with Crippen LogP contribution in [0, 0.1) is 0 Å². The van der Waals surface area contributed by atoms with Gasteiger partial charge in [-0.1, -0.05) is 45.6 Å². The Kier molecular flexibility index (Phi) is 12.3. The van der Waals surface area contributed by atoms with Gasteiger partial charge in [-0.05, 0) is 60.8 Å². The summed E-state index contributed by atoms with van der Waals surface area (Å²) in [5.74, 6) is -0.394. The Bertz CT molecular complexity index is 528. The molecular weight excluding hydrogens is 394 g/mol. The van der Waals surface area contributed by atoms with Crippen molar-refractivity contribution in [3.63, 3.8) is 0 Å². The van der Waals surface area contributed by atoms with Gasteiger partial charge in [0.25, 0.3) is 0 Å². The normalized spacial score (nSPS) is 19.8. The molecular formula is C25H47NO5. The average Bonchev–Trinajstić information content (AvgIpc) is 2.65. The van der Waals surface area contributed by atoms with Crippen molar-refractivity contribution in [3.05, 3.63) is 12.2 Å². The topological polar surface area (TPSA) is 57.2 Å². The molecule has 0 aromatic heterocycles. The maximum absolute atomic E-state index is 11.4. The number of unbranched alkanes of at least 4 members (excludes halogenated alkanes) is 5. The van der Waals surface area contributed by atoms with Gasteiger partial charge in [0.2, 0.25) is 0 Å². The molecule has 1 heterocycles. The molecule has 6 heteroatoms. The second-order valence-electron chi connectivity index (χ2n) is 10.0. The van der Waals surface area contributed by atoms with Crippen molar-refractivity contribution < 1.29 is 23.8 Å². The van der Waals surface area contributed by atoms with Gasteiger partial charge in [0, 0.05) is 16.7 Å². The molecule has 0 saturated carbocycles. The number of esters is 1. The number of ether oxygens (including phenoxy) is 3. The summed E-state index contributed by atoms with van der Waals surface area (Å²) in [4.78, 5) is 17.7. The number of carbonyl (C=O) groups excluding carboxylic acids is 1. The molecule has 0 aliphatic carbocycles. The molecule has 31 heavy (non-hydrogen) atoms. The van der Waals surface area contributed by atoms with Crippen LogP contribution in [0.3, 0.4) is 0 Å². The number of hydrogen-bond donors (Lipinski definition) is 0. The predicted octanol–water partition coefficient (Wildman–Crippen LogP) is 5.80. The molecule has 0 aromatic rings. The van der Waals surface area contributed by atoms with Crippen LogP contribution in [-0.4, -0.2) is 54.3 Å². The van der Waals surface area contributed by atoms with Gasteiger partial charge in [-0.25, -0.2) is 4.79 Å². The van der Waals surface area contributed by atoms with Crippen molar-refractivity contribution in [3.8, 4) is 0 Å². The van der Waals surface area contributed by atoms with E-state index in [1.54, 1.807) is 6.92 Å². The fourth-order valence-corrected chi connectivity index (χ4v) is 4.44. The standard InChI is InChI=1S/C25H47NO5/c1-9-10-11-12-13-14-15-30-26-24(5,6)18-22(19-25(26,7)8)31-21(4)28-16-17-29-23(27)20(2)3/h21-22H,2,9-19H2,1,3-8H3. The molecule has 0 spiro atoms. The first-order chi connectivity index (χ1) is 14.5. The minimum absolute atomic E-state index is 0.0758. The lowest BCUT2D eigenvalue weighted by molar-refractivity contribution is -0.304. The van der Waals surface area contributed by atoms with Crippen LogP contribution in [0.2, 0.25) is 0 Å². The Morgan fingerprint density at radius 1 is 1.00 bits per heavy atom. The molecule has 0 radical (unpaired) electrons. The number of hydrogen-bond acceptors (Lipinski definition) is 6. The van der Waals surface area contributed by atoms with Crippen LogP contribution in [-0.2, 0) is 23.8 Å². The molecule has 6 nitrogen and oxygen atoms in total. The van der Waals surface area contributed by atoms with Gasteiger partial charge in [-0.15, -0.1) is 0 Å². The van der Waals surface area contributed by atoms with Gasteiger partial charge >= 0.3 is 5.97 Å². The van der Waals surface area contributed by atoms with Gasteiger partial charge in [0.15, 0.2) is 6.29 Å². The highest BCUT2D eigenvalue weighted by molar-refractivity contribution is 5.86. The lowest BCUT2D eigenvalue weighted by atomic mass is 9.80. The highest BCUT2D eigenvalue weighted by Crippen LogP contribution is 2.40. The van der Waals surface area contributed by atoms with Crippen LogP contribution in [0.25, 0.3) is 0 Å². The van der Waals surface area contributed by atoms with Gasteiger partial charge in [0.1, 0.15) is 6.61 Å². The summed E-state index contributed by atoms with van der Waals surface area (Å²) in [5.41, 5.74) is 0.121. The molecule has 1 atom stereocenters. The second kappa shape index (κ2) is 13.6. The van der Waals surface area contributed by atoms with E-state index in [-0.39, 0.29) is 30.1 Å². The van der Waals surface area contributed by atoms with Crippen molar-refractivity contribution in [1.82, 2.24) is 5.06 Å². The van der Waals surface area contributed by atoms with Crippen molar-refractivity contribution in [2.75, 3.05) is 19.8 Å². The average molecular weight is 442 g/mol. The second-order valence-corrected chi connectivity index (χ2v) is 10.0. The Morgan fingerprint density at radius 2 is 1.58 bits per heavy atom. The summed E-state index contributed by atoms with van der Waals surface area (Å²) in [7, 11) is 0. The molecule has 1 saturated heterocycles. The fourth-order valence-electron chi connectivity index (χ4n) is 4.44. The molecule has 0 amide bonds. The molecule has 0 aromatic carbocycles. The Balaban J connectivity index is 2.41. The maximum atomic E-state index is 11.4. The smallest absolute Gasteiger partial charge is 0.333 e. The van der Waals surface area contributed by atoms with E-state index in [1.165, 1.54) is 32.1 Å². The van der Waals surface area contributed by atoms with Crippen LogP contribution < -0.4 is 0 Å². The molecule has 182 valence electrons. The first kappa shape index (κ1) is 28.1. The van der Waals surface area contributed by atoms with E-state index >= 15 is 0 Å². The molecule has 1 fully saturated rings. The molecule has 1 unspecified atom stereocenters. The van der Waals surface area contributed by atoms with Crippen molar-refractivity contribution in [2.24, 2.45) is 0 Å². The third-order valence-electron chi connectivity index (χ3n) is 5.67. The van der Waals surface area contributed by atoms with Crippen molar-refractivity contribution in [2.45, 2.75) is 123 Å². The zero-order chi connectivity index (χ0) is 23.5. The highest BCUT2D eigenvalue weighted by Gasteiger charge is 2.47. The van der Waals surface area contributed by atoms with E-state index in [2.05, 4.69) is 46.3 Å². The Labute approximate surface area is 190 Å². The first-order valence-electron chi connectivity index (χ1n) is 12.0. The molecule has 1 aliphatic heterocycles. The molecule has 1 aliphatic rings. The molecule has 0 bridgehead atoms. The van der Waals surface area contributed by atoms with E-state index in [1.807, 2.05) is 6.92 Å². The SMILES string of the molecule is C=C(C)C(=O)OCCOC(C)OC1CC(C)(C)N(OCCCCCCCC)C(C)(C)C1. The minimum Gasteiger partial charge on any atom is -0.460 e. The van der Waals surface area contributed by atoms with E-state index in [9.17, 15) is 4.79 Å². The lowest BCUT2D eigenvalue weighted by Gasteiger charge is -2.53. The number of piperidine rings is 1. The minimum atomic E-state index is -0.394. The van der Waals surface area contributed by atoms with Crippen LogP contribution in [0.5, 0.6) is 0 Å². The van der Waals surface area contributed by atoms with E-state index in [4.69, 9.17) is 19.0 Å². The van der Waals surface area contributed by atoms with Gasteiger partial charge in [-0.2, -0.15) is 5.06 Å². The van der Waals surface area contributed by atoms with Crippen molar-refractivity contribution >= 4 is 5.97 Å². The quantitative estimate of drug-likeness (QED) is 0.139. The summed E-state index contributed by atoms with van der Waals surface area (Å²) in [6.07, 6.45) is 9.01. The number of carbonyl (C=O) groups is 1. The van der Waals surface area contributed by atoms with Crippen LogP contribution >= 0.6 is 0 Å². The summed E-state index contributed by atoms with van der Waals surface area (Å²) >= 11 is 0. The highest BCUT2D eigenvalue weighted by atomic mass is 16.7. The zero-order valence-corrected chi connectivity index (χ0v) is 21.1. The fraction of sp³-hybridized carbons (Fsp3) is 0.880. The van der Waals surface area contributed by atoms with Gasteiger partial charge in [0.05, 0.1) is 19.3 Å². The largest absolute Gasteiger partial charge is 0.460 e. The predicted molar refractivity (Wildman–Crippen MR) is 125 cm³/mol. The van der Waals surface area contributed by atoms with Gasteiger partial charge < -0.3 is 14.2 Å². The van der Waals surface area contributed by atoms with Crippen LogP contribution in [0.15, 0.2) is 12.2 Å². The third-order valence-corrected chi connectivity index (χ3v) is 5.67. The third kappa shape index (κ3) is 10.5. The van der Waals surface area contributed by atoms with E-state index < -0.39 is 5.97 Å². The molecule has 0 N–H and O–H groups in total.